The number of nitrogens with one attached hydrogen (secondary N) is 1. The van der Waals surface area contributed by atoms with Gasteiger partial charge in [-0.2, -0.15) is 0 Å². The van der Waals surface area contributed by atoms with E-state index in [-0.39, 0.29) is 0 Å². The highest BCUT2D eigenvalue weighted by Gasteiger charge is 2.27. The molecular weight excluding hydrogens is 343 g/mol. The van der Waals surface area contributed by atoms with Crippen LogP contribution in [-0.2, 0) is 6.54 Å². The van der Waals surface area contributed by atoms with Crippen LogP contribution in [0.4, 0.5) is 5.82 Å². The number of hydrogen-bond donors (Lipinski definition) is 1. The summed E-state index contributed by atoms with van der Waals surface area (Å²) in [5, 5.41) is 5.03. The average molecular weight is 363 g/mol. The fourth-order valence-corrected chi connectivity index (χ4v) is 3.72. The van der Waals surface area contributed by atoms with Gasteiger partial charge in [-0.15, -0.1) is 0 Å². The second-order valence-electron chi connectivity index (χ2n) is 6.64. The summed E-state index contributed by atoms with van der Waals surface area (Å²) in [7, 11) is 0. The predicted molar refractivity (Wildman–Crippen MR) is 97.8 cm³/mol. The molecule has 4 nitrogen and oxygen atoms in total. The normalized spacial score (nSPS) is 21.2. The molecule has 2 heterocycles. The van der Waals surface area contributed by atoms with Gasteiger partial charge < -0.3 is 5.32 Å². The summed E-state index contributed by atoms with van der Waals surface area (Å²) < 4.78 is 0. The van der Waals surface area contributed by atoms with E-state index < -0.39 is 0 Å². The van der Waals surface area contributed by atoms with E-state index in [4.69, 9.17) is 23.2 Å². The van der Waals surface area contributed by atoms with Gasteiger partial charge in [0.1, 0.15) is 11.6 Å². The van der Waals surface area contributed by atoms with Crippen LogP contribution in [0.2, 0.25) is 10.0 Å². The quantitative estimate of drug-likeness (QED) is 0.858. The number of likely N-dealkylation sites (tertiary alicyclic amines) is 1. The van der Waals surface area contributed by atoms with Crippen LogP contribution in [0.1, 0.15) is 36.6 Å². The summed E-state index contributed by atoms with van der Waals surface area (Å²) >= 11 is 12.6. The molecule has 126 valence electrons. The monoisotopic (exact) mass is 362 g/mol. The van der Waals surface area contributed by atoms with E-state index in [0.29, 0.717) is 12.0 Å². The van der Waals surface area contributed by atoms with Gasteiger partial charge >= 0.3 is 0 Å². The van der Waals surface area contributed by atoms with Crippen molar-refractivity contribution in [2.24, 2.45) is 0 Å². The first-order valence-electron chi connectivity index (χ1n) is 8.44. The van der Waals surface area contributed by atoms with E-state index in [1.54, 1.807) is 0 Å². The number of halogens is 2. The van der Waals surface area contributed by atoms with Crippen molar-refractivity contribution in [3.63, 3.8) is 0 Å². The number of benzene rings is 1. The number of rotatable bonds is 5. The molecule has 0 bridgehead atoms. The lowest BCUT2D eigenvalue weighted by Crippen LogP contribution is -2.26. The summed E-state index contributed by atoms with van der Waals surface area (Å²) in [5.41, 5.74) is 1.01. The number of aromatic nitrogens is 2. The van der Waals surface area contributed by atoms with Crippen LogP contribution in [0, 0.1) is 0 Å². The van der Waals surface area contributed by atoms with Gasteiger partial charge in [-0.3, -0.25) is 4.90 Å². The summed E-state index contributed by atoms with van der Waals surface area (Å²) in [5.74, 6) is 2.50. The van der Waals surface area contributed by atoms with Crippen molar-refractivity contribution >= 4 is 29.0 Å². The lowest BCUT2D eigenvalue weighted by Gasteiger charge is -2.18. The molecule has 1 aliphatic carbocycles. The zero-order valence-corrected chi connectivity index (χ0v) is 14.9. The van der Waals surface area contributed by atoms with Crippen LogP contribution in [-0.4, -0.2) is 34.0 Å². The smallest absolute Gasteiger partial charge is 0.133 e. The summed E-state index contributed by atoms with van der Waals surface area (Å²) in [6, 6.07) is 8.03. The summed E-state index contributed by atoms with van der Waals surface area (Å²) in [4.78, 5) is 11.4. The first-order chi connectivity index (χ1) is 11.7. The van der Waals surface area contributed by atoms with Crippen molar-refractivity contribution in [1.82, 2.24) is 14.9 Å². The maximum Gasteiger partial charge on any atom is 0.133 e. The SMILES string of the molecule is Clc1cccc(Cl)c1CN1CCC(Nc2ccnc(C3CC3)n2)C1. The lowest BCUT2D eigenvalue weighted by molar-refractivity contribution is 0.329. The van der Waals surface area contributed by atoms with Gasteiger partial charge in [0.25, 0.3) is 0 Å². The van der Waals surface area contributed by atoms with Crippen LogP contribution in [0.5, 0.6) is 0 Å². The molecule has 0 amide bonds. The third kappa shape index (κ3) is 3.66. The first-order valence-corrected chi connectivity index (χ1v) is 9.19. The maximum atomic E-state index is 6.28. The topological polar surface area (TPSA) is 41.0 Å². The molecule has 1 saturated carbocycles. The van der Waals surface area contributed by atoms with E-state index in [1.807, 2.05) is 30.5 Å². The number of anilines is 1. The van der Waals surface area contributed by atoms with Crippen molar-refractivity contribution < 1.29 is 0 Å². The third-order valence-corrected chi connectivity index (χ3v) is 5.39. The molecule has 1 saturated heterocycles. The molecule has 1 atom stereocenters. The van der Waals surface area contributed by atoms with E-state index >= 15 is 0 Å². The molecule has 6 heteroatoms. The molecular formula is C18H20Cl2N4. The maximum absolute atomic E-state index is 6.28. The van der Waals surface area contributed by atoms with Crippen molar-refractivity contribution in [3.8, 4) is 0 Å². The van der Waals surface area contributed by atoms with Gasteiger partial charge in [0, 0.05) is 53.4 Å². The van der Waals surface area contributed by atoms with Gasteiger partial charge in [0.15, 0.2) is 0 Å². The molecule has 1 unspecified atom stereocenters. The highest BCUT2D eigenvalue weighted by Crippen LogP contribution is 2.38. The molecule has 4 rings (SSSR count). The molecule has 1 N–H and O–H groups in total. The highest BCUT2D eigenvalue weighted by molar-refractivity contribution is 6.35. The van der Waals surface area contributed by atoms with Crippen LogP contribution in [0.3, 0.4) is 0 Å². The Bertz CT molecular complexity index is 712. The molecule has 0 radical (unpaired) electrons. The van der Waals surface area contributed by atoms with Gasteiger partial charge in [-0.05, 0) is 37.5 Å². The zero-order chi connectivity index (χ0) is 16.5. The fourth-order valence-electron chi connectivity index (χ4n) is 3.20. The summed E-state index contributed by atoms with van der Waals surface area (Å²) in [6.45, 7) is 2.78. The molecule has 24 heavy (non-hydrogen) atoms. The standard InChI is InChI=1S/C18H20Cl2N4/c19-15-2-1-3-16(20)14(15)11-24-9-7-13(10-24)22-17-6-8-21-18(23-17)12-4-5-12/h1-3,6,8,12-13H,4-5,7,9-11H2,(H,21,22,23). The summed E-state index contributed by atoms with van der Waals surface area (Å²) in [6.07, 6.45) is 5.39. The minimum atomic E-state index is 0.396. The highest BCUT2D eigenvalue weighted by atomic mass is 35.5. The second-order valence-corrected chi connectivity index (χ2v) is 7.45. The molecule has 2 aliphatic rings. The second kappa shape index (κ2) is 6.87. The Morgan fingerprint density at radius 3 is 2.67 bits per heavy atom. The fraction of sp³-hybridized carbons (Fsp3) is 0.444. The molecule has 2 aromatic rings. The lowest BCUT2D eigenvalue weighted by atomic mass is 10.2. The number of nitrogens with zero attached hydrogens (tertiary/aromatic N) is 3. The minimum Gasteiger partial charge on any atom is -0.366 e. The van der Waals surface area contributed by atoms with E-state index in [2.05, 4.69) is 20.2 Å². The van der Waals surface area contributed by atoms with E-state index in [9.17, 15) is 0 Å². The van der Waals surface area contributed by atoms with Crippen molar-refractivity contribution in [3.05, 3.63) is 51.9 Å². The molecule has 2 fully saturated rings. The third-order valence-electron chi connectivity index (χ3n) is 4.68. The Morgan fingerprint density at radius 2 is 1.92 bits per heavy atom. The Kier molecular flexibility index (Phi) is 4.61. The Morgan fingerprint density at radius 1 is 1.12 bits per heavy atom. The first kappa shape index (κ1) is 16.1. The van der Waals surface area contributed by atoms with Crippen LogP contribution < -0.4 is 5.32 Å². The Balaban J connectivity index is 1.37. The molecule has 1 aliphatic heterocycles. The Hall–Kier alpha value is -1.36. The predicted octanol–water partition coefficient (Wildman–Crippen LogP) is 4.35. The van der Waals surface area contributed by atoms with Gasteiger partial charge in [-0.25, -0.2) is 9.97 Å². The van der Waals surface area contributed by atoms with Crippen LogP contribution in [0.25, 0.3) is 0 Å². The van der Waals surface area contributed by atoms with E-state index in [0.717, 1.165) is 53.3 Å². The van der Waals surface area contributed by atoms with Crippen molar-refractivity contribution in [1.29, 1.82) is 0 Å². The van der Waals surface area contributed by atoms with Crippen LogP contribution in [0.15, 0.2) is 30.5 Å². The van der Waals surface area contributed by atoms with Crippen molar-refractivity contribution in [2.75, 3.05) is 18.4 Å². The van der Waals surface area contributed by atoms with Gasteiger partial charge in [-0.1, -0.05) is 29.3 Å². The average Bonchev–Trinajstić information content (AvgIpc) is 3.33. The molecule has 1 aromatic carbocycles. The number of hydrogen-bond acceptors (Lipinski definition) is 4. The van der Waals surface area contributed by atoms with Gasteiger partial charge in [0.05, 0.1) is 0 Å². The van der Waals surface area contributed by atoms with Gasteiger partial charge in [0.2, 0.25) is 0 Å². The molecule has 0 spiro atoms. The molecule has 1 aromatic heterocycles. The largest absolute Gasteiger partial charge is 0.366 e. The minimum absolute atomic E-state index is 0.396. The Labute approximate surface area is 152 Å². The van der Waals surface area contributed by atoms with Crippen molar-refractivity contribution in [2.45, 2.75) is 37.8 Å². The zero-order valence-electron chi connectivity index (χ0n) is 13.4. The van der Waals surface area contributed by atoms with E-state index in [1.165, 1.54) is 12.8 Å². The van der Waals surface area contributed by atoms with Crippen LogP contribution >= 0.6 is 23.2 Å².